The molecule has 0 saturated carbocycles. The summed E-state index contributed by atoms with van der Waals surface area (Å²) in [5.41, 5.74) is 5.69. The van der Waals surface area contributed by atoms with Crippen molar-refractivity contribution in [3.63, 3.8) is 0 Å². The van der Waals surface area contributed by atoms with E-state index in [1.54, 1.807) is 11.3 Å². The van der Waals surface area contributed by atoms with Gasteiger partial charge in [-0.15, -0.1) is 11.3 Å². The van der Waals surface area contributed by atoms with Crippen LogP contribution in [-0.4, -0.2) is 60.2 Å². The molecule has 0 amide bonds. The Morgan fingerprint density at radius 1 is 1.42 bits per heavy atom. The van der Waals surface area contributed by atoms with E-state index in [1.807, 2.05) is 6.20 Å². The van der Waals surface area contributed by atoms with E-state index in [2.05, 4.69) is 21.7 Å². The maximum absolute atomic E-state index is 5.69. The number of aromatic nitrogens is 1. The molecule has 0 spiro atoms. The van der Waals surface area contributed by atoms with Gasteiger partial charge in [0.05, 0.1) is 13.2 Å². The molecule has 1 aromatic rings. The lowest BCUT2D eigenvalue weighted by atomic mass is 10.0. The van der Waals surface area contributed by atoms with Gasteiger partial charge >= 0.3 is 0 Å². The molecule has 2 fully saturated rings. The number of nitrogens with zero attached hydrogens (tertiary/aromatic N) is 3. The number of likely N-dealkylation sites (tertiary alicyclic amines) is 1. The van der Waals surface area contributed by atoms with Crippen LogP contribution in [0, 0.1) is 5.92 Å². The fourth-order valence-corrected chi connectivity index (χ4v) is 3.90. The van der Waals surface area contributed by atoms with Crippen LogP contribution in [-0.2, 0) is 11.3 Å². The Labute approximate surface area is 118 Å². The first-order valence-corrected chi connectivity index (χ1v) is 7.78. The van der Waals surface area contributed by atoms with Gasteiger partial charge in [-0.2, -0.15) is 0 Å². The summed E-state index contributed by atoms with van der Waals surface area (Å²) in [6.07, 6.45) is 1.91. The van der Waals surface area contributed by atoms with Crippen LogP contribution in [0.3, 0.4) is 0 Å². The highest BCUT2D eigenvalue weighted by Crippen LogP contribution is 2.25. The van der Waals surface area contributed by atoms with Gasteiger partial charge in [0.1, 0.15) is 0 Å². The highest BCUT2D eigenvalue weighted by Gasteiger charge is 2.34. The molecule has 0 aromatic carbocycles. The van der Waals surface area contributed by atoms with Crippen LogP contribution < -0.4 is 5.73 Å². The summed E-state index contributed by atoms with van der Waals surface area (Å²) < 4.78 is 5.44. The van der Waals surface area contributed by atoms with Gasteiger partial charge < -0.3 is 10.5 Å². The van der Waals surface area contributed by atoms with Gasteiger partial charge in [-0.3, -0.25) is 9.80 Å². The zero-order valence-corrected chi connectivity index (χ0v) is 12.2. The van der Waals surface area contributed by atoms with Crippen molar-refractivity contribution in [1.82, 2.24) is 14.8 Å². The first-order valence-electron chi connectivity index (χ1n) is 6.96. The maximum Gasteiger partial charge on any atom is 0.180 e. The molecule has 6 heteroatoms. The van der Waals surface area contributed by atoms with Crippen LogP contribution in [0.4, 0.5) is 5.13 Å². The number of thiazole rings is 1. The van der Waals surface area contributed by atoms with E-state index in [1.165, 1.54) is 11.4 Å². The van der Waals surface area contributed by atoms with Crippen molar-refractivity contribution < 1.29 is 4.74 Å². The van der Waals surface area contributed by atoms with E-state index >= 15 is 0 Å². The highest BCUT2D eigenvalue weighted by atomic mass is 32.1. The Bertz CT molecular complexity index is 419. The Hall–Kier alpha value is -0.690. The van der Waals surface area contributed by atoms with Gasteiger partial charge in [0.15, 0.2) is 5.13 Å². The van der Waals surface area contributed by atoms with Crippen molar-refractivity contribution in [1.29, 1.82) is 0 Å². The molecule has 2 unspecified atom stereocenters. The summed E-state index contributed by atoms with van der Waals surface area (Å²) >= 11 is 1.60. The number of hydrogen-bond acceptors (Lipinski definition) is 6. The molecule has 3 heterocycles. The van der Waals surface area contributed by atoms with Gasteiger partial charge in [0, 0.05) is 49.8 Å². The molecule has 2 atom stereocenters. The third-order valence-corrected chi connectivity index (χ3v) is 4.93. The Morgan fingerprint density at radius 2 is 2.21 bits per heavy atom. The van der Waals surface area contributed by atoms with Gasteiger partial charge in [0.25, 0.3) is 0 Å². The first-order chi connectivity index (χ1) is 9.22. The molecule has 0 radical (unpaired) electrons. The molecule has 2 aliphatic heterocycles. The average molecular weight is 282 g/mol. The van der Waals surface area contributed by atoms with Crippen molar-refractivity contribution in [3.8, 4) is 0 Å². The summed E-state index contributed by atoms with van der Waals surface area (Å²) in [5.74, 6) is 0.725. The Kier molecular flexibility index (Phi) is 4.02. The molecule has 19 heavy (non-hydrogen) atoms. The van der Waals surface area contributed by atoms with Gasteiger partial charge in [-0.1, -0.05) is 6.92 Å². The van der Waals surface area contributed by atoms with E-state index in [4.69, 9.17) is 10.5 Å². The van der Waals surface area contributed by atoms with Crippen LogP contribution in [0.15, 0.2) is 6.20 Å². The zero-order valence-electron chi connectivity index (χ0n) is 11.4. The van der Waals surface area contributed by atoms with Crippen molar-refractivity contribution in [2.75, 3.05) is 45.1 Å². The number of nitrogens with two attached hydrogens (primary N) is 1. The number of anilines is 1. The highest BCUT2D eigenvalue weighted by molar-refractivity contribution is 7.15. The second-order valence-electron chi connectivity index (χ2n) is 5.55. The number of rotatable bonds is 3. The minimum absolute atomic E-state index is 0.673. The standard InChI is InChI=1S/C13H22N4OS/c1-10-7-16(8-11-6-15-13(14)19-11)9-12(10)17-2-4-18-5-3-17/h6,10,12H,2-5,7-9H2,1H3,(H2,14,15). The fraction of sp³-hybridized carbons (Fsp3) is 0.769. The Balaban J connectivity index is 1.58. The molecular weight excluding hydrogens is 260 g/mol. The van der Waals surface area contributed by atoms with Crippen molar-refractivity contribution in [2.45, 2.75) is 19.5 Å². The molecule has 1 aromatic heterocycles. The van der Waals surface area contributed by atoms with E-state index in [0.29, 0.717) is 11.2 Å². The number of hydrogen-bond donors (Lipinski definition) is 1. The first kappa shape index (κ1) is 13.3. The zero-order chi connectivity index (χ0) is 13.2. The lowest BCUT2D eigenvalue weighted by Gasteiger charge is -2.34. The number of morpholine rings is 1. The quantitative estimate of drug-likeness (QED) is 0.892. The molecule has 5 nitrogen and oxygen atoms in total. The maximum atomic E-state index is 5.69. The van der Waals surface area contributed by atoms with Crippen LogP contribution in [0.5, 0.6) is 0 Å². The van der Waals surface area contributed by atoms with Crippen LogP contribution in [0.1, 0.15) is 11.8 Å². The van der Waals surface area contributed by atoms with Gasteiger partial charge in [-0.05, 0) is 5.92 Å². The summed E-state index contributed by atoms with van der Waals surface area (Å²) in [7, 11) is 0. The van der Waals surface area contributed by atoms with E-state index in [0.717, 1.165) is 45.3 Å². The molecule has 0 aliphatic carbocycles. The topological polar surface area (TPSA) is 54.6 Å². The number of ether oxygens (including phenoxy) is 1. The molecule has 2 N–H and O–H groups in total. The molecule has 2 aliphatic rings. The third kappa shape index (κ3) is 3.08. The van der Waals surface area contributed by atoms with E-state index in [9.17, 15) is 0 Å². The van der Waals surface area contributed by atoms with Gasteiger partial charge in [-0.25, -0.2) is 4.98 Å². The molecule has 2 saturated heterocycles. The predicted octanol–water partition coefficient (Wildman–Crippen LogP) is 0.878. The van der Waals surface area contributed by atoms with Gasteiger partial charge in [0.2, 0.25) is 0 Å². The van der Waals surface area contributed by atoms with E-state index < -0.39 is 0 Å². The Morgan fingerprint density at radius 3 is 2.89 bits per heavy atom. The van der Waals surface area contributed by atoms with Crippen molar-refractivity contribution in [3.05, 3.63) is 11.1 Å². The smallest absolute Gasteiger partial charge is 0.180 e. The SMILES string of the molecule is CC1CN(Cc2cnc(N)s2)CC1N1CCOCC1. The average Bonchev–Trinajstić information content (AvgIpc) is 2.97. The summed E-state index contributed by atoms with van der Waals surface area (Å²) in [6, 6.07) is 0.675. The van der Waals surface area contributed by atoms with E-state index in [-0.39, 0.29) is 0 Å². The van der Waals surface area contributed by atoms with Crippen LogP contribution in [0.2, 0.25) is 0 Å². The number of nitrogen functional groups attached to an aromatic ring is 1. The molecule has 0 bridgehead atoms. The second-order valence-corrected chi connectivity index (χ2v) is 6.70. The second kappa shape index (κ2) is 5.75. The lowest BCUT2D eigenvalue weighted by molar-refractivity contribution is 0.0118. The molecule has 106 valence electrons. The van der Waals surface area contributed by atoms with Crippen molar-refractivity contribution >= 4 is 16.5 Å². The monoisotopic (exact) mass is 282 g/mol. The van der Waals surface area contributed by atoms with Crippen molar-refractivity contribution in [2.24, 2.45) is 5.92 Å². The largest absolute Gasteiger partial charge is 0.379 e. The third-order valence-electron chi connectivity index (χ3n) is 4.11. The normalized spacial score (nSPS) is 29.9. The minimum Gasteiger partial charge on any atom is -0.379 e. The van der Waals surface area contributed by atoms with Crippen LogP contribution in [0.25, 0.3) is 0 Å². The molecule has 3 rings (SSSR count). The molecular formula is C13H22N4OS. The minimum atomic E-state index is 0.673. The summed E-state index contributed by atoms with van der Waals surface area (Å²) in [5, 5.41) is 0.673. The summed E-state index contributed by atoms with van der Waals surface area (Å²) in [4.78, 5) is 10.5. The lowest BCUT2D eigenvalue weighted by Crippen LogP contribution is -2.46. The fourth-order valence-electron chi connectivity index (χ4n) is 3.18. The predicted molar refractivity (Wildman–Crippen MR) is 77.1 cm³/mol. The van der Waals surface area contributed by atoms with Crippen LogP contribution >= 0.6 is 11.3 Å². The summed E-state index contributed by atoms with van der Waals surface area (Å²) in [6.45, 7) is 9.59.